The highest BCUT2D eigenvalue weighted by molar-refractivity contribution is 6.25. The maximum absolute atomic E-state index is 11.9. The van der Waals surface area contributed by atoms with Gasteiger partial charge < -0.3 is 20.1 Å². The third kappa shape index (κ3) is 3.46. The van der Waals surface area contributed by atoms with Crippen molar-refractivity contribution in [3.05, 3.63) is 90.1 Å². The van der Waals surface area contributed by atoms with Crippen molar-refractivity contribution < 1.29 is 19.4 Å². The molecule has 5 aromatic rings. The van der Waals surface area contributed by atoms with Gasteiger partial charge in [-0.25, -0.2) is 0 Å². The first-order valence-electron chi connectivity index (χ1n) is 10.6. The molecule has 1 amide bonds. The fourth-order valence-corrected chi connectivity index (χ4v) is 4.66. The Morgan fingerprint density at radius 1 is 0.909 bits per heavy atom. The molecule has 6 nitrogen and oxygen atoms in total. The molecule has 0 spiro atoms. The molecule has 5 rings (SSSR count). The first-order chi connectivity index (χ1) is 16.0. The predicted molar refractivity (Wildman–Crippen MR) is 129 cm³/mol. The quantitative estimate of drug-likeness (QED) is 0.360. The van der Waals surface area contributed by atoms with Crippen LogP contribution in [0, 0.1) is 0 Å². The normalized spacial score (nSPS) is 12.3. The molecule has 33 heavy (non-hydrogen) atoms. The van der Waals surface area contributed by atoms with Crippen molar-refractivity contribution in [1.82, 2.24) is 4.57 Å². The van der Waals surface area contributed by atoms with Crippen molar-refractivity contribution >= 4 is 44.3 Å². The average Bonchev–Trinajstić information content (AvgIpc) is 3.27. The summed E-state index contributed by atoms with van der Waals surface area (Å²) >= 11 is 0. The second-order valence-corrected chi connectivity index (χ2v) is 8.05. The zero-order chi connectivity index (χ0) is 23.1. The summed E-state index contributed by atoms with van der Waals surface area (Å²) in [5.74, 6) is -0.673. The van der Waals surface area contributed by atoms with Crippen LogP contribution in [0.4, 0.5) is 0 Å². The number of ether oxygens (including phenoxy) is 1. The minimum absolute atomic E-state index is 0.0602. The lowest BCUT2D eigenvalue weighted by Crippen LogP contribution is -2.14. The highest BCUT2D eigenvalue weighted by Crippen LogP contribution is 2.40. The number of benzene rings is 4. The molecule has 6 heteroatoms. The molecule has 4 aromatic carbocycles. The van der Waals surface area contributed by atoms with Crippen molar-refractivity contribution in [2.45, 2.75) is 12.5 Å². The number of methoxy groups -OCH3 is 1. The fourth-order valence-electron chi connectivity index (χ4n) is 4.66. The van der Waals surface area contributed by atoms with Gasteiger partial charge in [0.15, 0.2) is 0 Å². The molecule has 0 fully saturated rings. The van der Waals surface area contributed by atoms with Crippen LogP contribution in [0.25, 0.3) is 32.4 Å². The van der Waals surface area contributed by atoms with Gasteiger partial charge in [0.2, 0.25) is 5.91 Å². The molecule has 1 aromatic heterocycles. The van der Waals surface area contributed by atoms with Gasteiger partial charge in [0.25, 0.3) is 0 Å². The molecule has 0 radical (unpaired) electrons. The summed E-state index contributed by atoms with van der Waals surface area (Å²) in [6.45, 7) is 0. The van der Waals surface area contributed by atoms with Crippen molar-refractivity contribution in [3.8, 4) is 5.75 Å². The molecule has 1 atom stereocenters. The van der Waals surface area contributed by atoms with Gasteiger partial charge in [-0.2, -0.15) is 0 Å². The largest absolute Gasteiger partial charge is 0.497 e. The maximum atomic E-state index is 11.9. The molecule has 0 aliphatic rings. The maximum Gasteiger partial charge on any atom is 0.305 e. The van der Waals surface area contributed by atoms with Crippen LogP contribution in [0.1, 0.15) is 28.4 Å². The lowest BCUT2D eigenvalue weighted by Gasteiger charge is -2.21. The van der Waals surface area contributed by atoms with Crippen molar-refractivity contribution in [2.24, 2.45) is 5.73 Å². The van der Waals surface area contributed by atoms with Gasteiger partial charge in [0.05, 0.1) is 25.1 Å². The topological polar surface area (TPSA) is 94.5 Å². The summed E-state index contributed by atoms with van der Waals surface area (Å²) in [5, 5.41) is 14.4. The molecule has 3 N–H and O–H groups in total. The molecule has 0 saturated heterocycles. The minimum atomic E-state index is -0.878. The van der Waals surface area contributed by atoms with Gasteiger partial charge in [-0.1, -0.05) is 36.4 Å². The zero-order valence-electron chi connectivity index (χ0n) is 18.0. The first kappa shape index (κ1) is 20.6. The smallest absolute Gasteiger partial charge is 0.305 e. The summed E-state index contributed by atoms with van der Waals surface area (Å²) < 4.78 is 7.47. The number of hydrogen-bond acceptors (Lipinski definition) is 3. The van der Waals surface area contributed by atoms with Gasteiger partial charge in [-0.05, 0) is 58.1 Å². The molecule has 0 bridgehead atoms. The first-order valence-corrected chi connectivity index (χ1v) is 10.6. The number of nitrogens with zero attached hydrogens (tertiary/aromatic N) is 1. The van der Waals surface area contributed by atoms with Crippen molar-refractivity contribution in [1.29, 1.82) is 0 Å². The van der Waals surface area contributed by atoms with Gasteiger partial charge in [-0.3, -0.25) is 9.59 Å². The molecule has 1 unspecified atom stereocenters. The molecule has 1 heterocycles. The van der Waals surface area contributed by atoms with E-state index in [1.807, 2.05) is 71.4 Å². The third-order valence-electron chi connectivity index (χ3n) is 6.17. The number of aromatic nitrogens is 1. The summed E-state index contributed by atoms with van der Waals surface area (Å²) in [6.07, 6.45) is 1.88. The Labute approximate surface area is 189 Å². The molecular weight excluding hydrogens is 416 g/mol. The number of carbonyl (C=O) groups excluding carboxylic acids is 1. The molecular formula is C27H22N2O4. The summed E-state index contributed by atoms with van der Waals surface area (Å²) in [6, 6.07) is 22.5. The highest BCUT2D eigenvalue weighted by atomic mass is 16.5. The van der Waals surface area contributed by atoms with E-state index < -0.39 is 17.9 Å². The van der Waals surface area contributed by atoms with E-state index in [1.54, 1.807) is 19.2 Å². The second-order valence-electron chi connectivity index (χ2n) is 8.05. The Bertz CT molecular complexity index is 1540. The second kappa shape index (κ2) is 7.98. The molecule has 164 valence electrons. The Hall–Kier alpha value is -4.32. The van der Waals surface area contributed by atoms with Gasteiger partial charge in [-0.15, -0.1) is 0 Å². The van der Waals surface area contributed by atoms with E-state index in [0.717, 1.165) is 38.0 Å². The van der Waals surface area contributed by atoms with Crippen LogP contribution >= 0.6 is 0 Å². The summed E-state index contributed by atoms with van der Waals surface area (Å²) in [4.78, 5) is 23.7. The SMILES string of the molecule is COc1ccc2c(c1)c1cc(C(N)=O)ccc1c1c2ccn1C(CC(=O)O)c1ccccc1. The van der Waals surface area contributed by atoms with E-state index >= 15 is 0 Å². The van der Waals surface area contributed by atoms with Crippen LogP contribution in [-0.4, -0.2) is 28.7 Å². The highest BCUT2D eigenvalue weighted by Gasteiger charge is 2.22. The predicted octanol–water partition coefficient (Wildman–Crippen LogP) is 5.12. The third-order valence-corrected chi connectivity index (χ3v) is 6.17. The number of rotatable bonds is 6. The van der Waals surface area contributed by atoms with Gasteiger partial charge in [0.1, 0.15) is 5.75 Å². The van der Waals surface area contributed by atoms with Crippen LogP contribution in [0.5, 0.6) is 5.75 Å². The number of hydrogen-bond donors (Lipinski definition) is 2. The van der Waals surface area contributed by atoms with Gasteiger partial charge >= 0.3 is 5.97 Å². The average molecular weight is 438 g/mol. The Morgan fingerprint density at radius 3 is 2.30 bits per heavy atom. The number of nitrogens with two attached hydrogens (primary N) is 1. The Kier molecular flexibility index (Phi) is 4.98. The number of carboxylic acid groups (broad SMARTS) is 1. The van der Waals surface area contributed by atoms with E-state index in [-0.39, 0.29) is 6.42 Å². The zero-order valence-corrected chi connectivity index (χ0v) is 18.0. The number of carbonyl (C=O) groups is 2. The van der Waals surface area contributed by atoms with Crippen LogP contribution in [0.2, 0.25) is 0 Å². The van der Waals surface area contributed by atoms with Crippen molar-refractivity contribution in [2.75, 3.05) is 7.11 Å². The summed E-state index contributed by atoms with van der Waals surface area (Å²) in [7, 11) is 1.61. The fraction of sp³-hybridized carbons (Fsp3) is 0.111. The number of fused-ring (bicyclic) bond motifs is 6. The van der Waals surface area contributed by atoms with E-state index in [0.29, 0.717) is 11.3 Å². The molecule has 0 aliphatic carbocycles. The Balaban J connectivity index is 1.90. The number of carboxylic acids is 1. The Morgan fingerprint density at radius 2 is 1.61 bits per heavy atom. The molecule has 0 saturated carbocycles. The van der Waals surface area contributed by atoms with E-state index in [9.17, 15) is 14.7 Å². The van der Waals surface area contributed by atoms with Crippen LogP contribution < -0.4 is 10.5 Å². The molecule has 0 aliphatic heterocycles. The lowest BCUT2D eigenvalue weighted by atomic mass is 9.95. The summed E-state index contributed by atoms with van der Waals surface area (Å²) in [5.41, 5.74) is 7.81. The standard InChI is InChI=1S/C27H22N2O4/c1-33-18-8-10-19-21-11-12-29(24(15-25(30)31)16-5-3-2-4-6-16)26(21)20-9-7-17(27(28)32)13-22(20)23(19)14-18/h2-14,24H,15H2,1H3,(H2,28,32)(H,30,31). The number of primary amides is 1. The van der Waals surface area contributed by atoms with Crippen molar-refractivity contribution in [3.63, 3.8) is 0 Å². The van der Waals surface area contributed by atoms with Crippen LogP contribution in [0.3, 0.4) is 0 Å². The monoisotopic (exact) mass is 438 g/mol. The number of aliphatic carboxylic acids is 1. The van der Waals surface area contributed by atoms with E-state index in [2.05, 4.69) is 0 Å². The number of amides is 1. The van der Waals surface area contributed by atoms with Crippen LogP contribution in [0.15, 0.2) is 79.0 Å². The van der Waals surface area contributed by atoms with Gasteiger partial charge in [0, 0.05) is 22.5 Å². The van der Waals surface area contributed by atoms with Crippen LogP contribution in [-0.2, 0) is 4.79 Å². The minimum Gasteiger partial charge on any atom is -0.497 e. The van der Waals surface area contributed by atoms with E-state index in [4.69, 9.17) is 10.5 Å². The lowest BCUT2D eigenvalue weighted by molar-refractivity contribution is -0.137. The van der Waals surface area contributed by atoms with E-state index in [1.165, 1.54) is 0 Å².